The maximum absolute atomic E-state index is 12.8. The third-order valence-electron chi connectivity index (χ3n) is 6.56. The van der Waals surface area contributed by atoms with Gasteiger partial charge in [0.1, 0.15) is 4.87 Å². The SMILES string of the molecule is CN1C=C(C(Cl)(c2ccc(Cl)cc2)c2ccc3c(c2)c(-c2cccc(Cl)c2)cc(=O)n3C)N(C)C1. The molecule has 35 heavy (non-hydrogen) atoms. The molecule has 1 aliphatic heterocycles. The lowest BCUT2D eigenvalue weighted by molar-refractivity contribution is 0.317. The molecule has 0 saturated heterocycles. The van der Waals surface area contributed by atoms with Crippen molar-refractivity contribution in [3.05, 3.63) is 116 Å². The van der Waals surface area contributed by atoms with E-state index in [0.29, 0.717) is 10.0 Å². The average molecular weight is 525 g/mol. The fourth-order valence-corrected chi connectivity index (χ4v) is 5.58. The van der Waals surface area contributed by atoms with E-state index < -0.39 is 4.87 Å². The number of fused-ring (bicyclic) bond motifs is 1. The van der Waals surface area contributed by atoms with E-state index in [1.807, 2.05) is 74.8 Å². The number of nitrogens with zero attached hydrogens (tertiary/aromatic N) is 3. The van der Waals surface area contributed by atoms with Gasteiger partial charge in [0.05, 0.1) is 17.9 Å². The molecule has 0 fully saturated rings. The molecule has 1 aliphatic rings. The van der Waals surface area contributed by atoms with Crippen molar-refractivity contribution in [3.8, 4) is 11.1 Å². The van der Waals surface area contributed by atoms with Gasteiger partial charge in [-0.2, -0.15) is 0 Å². The van der Waals surface area contributed by atoms with Gasteiger partial charge in [0, 0.05) is 48.8 Å². The molecule has 1 unspecified atom stereocenters. The molecule has 0 saturated carbocycles. The Labute approximate surface area is 219 Å². The quantitative estimate of drug-likeness (QED) is 0.279. The Morgan fingerprint density at radius 2 is 1.54 bits per heavy atom. The maximum Gasteiger partial charge on any atom is 0.251 e. The summed E-state index contributed by atoms with van der Waals surface area (Å²) < 4.78 is 1.65. The van der Waals surface area contributed by atoms with Crippen molar-refractivity contribution < 1.29 is 0 Å². The average Bonchev–Trinajstić information content (AvgIpc) is 3.19. The minimum absolute atomic E-state index is 0.0880. The molecule has 7 heteroatoms. The number of aryl methyl sites for hydroxylation is 1. The van der Waals surface area contributed by atoms with Crippen molar-refractivity contribution in [1.82, 2.24) is 14.4 Å². The summed E-state index contributed by atoms with van der Waals surface area (Å²) in [6, 6.07) is 22.9. The van der Waals surface area contributed by atoms with Crippen molar-refractivity contribution in [2.24, 2.45) is 7.05 Å². The number of benzene rings is 3. The molecule has 0 bridgehead atoms. The van der Waals surface area contributed by atoms with E-state index >= 15 is 0 Å². The van der Waals surface area contributed by atoms with Crippen LogP contribution in [0.3, 0.4) is 0 Å². The third-order valence-corrected chi connectivity index (χ3v) is 7.68. The summed E-state index contributed by atoms with van der Waals surface area (Å²) in [6.45, 7) is 0.729. The van der Waals surface area contributed by atoms with E-state index in [1.54, 1.807) is 17.7 Å². The van der Waals surface area contributed by atoms with E-state index in [-0.39, 0.29) is 5.56 Å². The Hall–Kier alpha value is -2.92. The number of likely N-dealkylation sites (N-methyl/N-ethyl adjacent to an activating group) is 1. The minimum Gasteiger partial charge on any atom is -0.361 e. The molecule has 178 valence electrons. The minimum atomic E-state index is -0.974. The summed E-state index contributed by atoms with van der Waals surface area (Å²) in [7, 11) is 5.84. The largest absolute Gasteiger partial charge is 0.361 e. The molecule has 1 aromatic heterocycles. The highest BCUT2D eigenvalue weighted by Gasteiger charge is 2.41. The van der Waals surface area contributed by atoms with Crippen LogP contribution < -0.4 is 5.56 Å². The van der Waals surface area contributed by atoms with Gasteiger partial charge in [-0.3, -0.25) is 4.79 Å². The zero-order valence-corrected chi connectivity index (χ0v) is 21.9. The number of alkyl halides is 1. The van der Waals surface area contributed by atoms with Gasteiger partial charge in [-0.05, 0) is 58.7 Å². The Morgan fingerprint density at radius 1 is 0.829 bits per heavy atom. The van der Waals surface area contributed by atoms with E-state index in [2.05, 4.69) is 22.1 Å². The standard InChI is InChI=1S/C28H24Cl3N3O/c1-32-16-26(33(2)17-32)28(31,19-7-10-21(29)11-8-19)20-9-12-25-24(14-20)23(15-27(35)34(25)3)18-5-4-6-22(30)13-18/h4-16H,17H2,1-3H3. The summed E-state index contributed by atoms with van der Waals surface area (Å²) in [5, 5.41) is 2.18. The molecule has 3 aromatic carbocycles. The van der Waals surface area contributed by atoms with Crippen molar-refractivity contribution in [2.45, 2.75) is 4.87 Å². The maximum atomic E-state index is 12.8. The summed E-state index contributed by atoms with van der Waals surface area (Å²) in [5.74, 6) is 0. The monoisotopic (exact) mass is 523 g/mol. The van der Waals surface area contributed by atoms with Gasteiger partial charge >= 0.3 is 0 Å². The van der Waals surface area contributed by atoms with E-state index in [9.17, 15) is 4.79 Å². The highest BCUT2D eigenvalue weighted by Crippen LogP contribution is 2.47. The lowest BCUT2D eigenvalue weighted by Crippen LogP contribution is -2.32. The van der Waals surface area contributed by atoms with Crippen LogP contribution in [0.25, 0.3) is 22.0 Å². The number of hydrogen-bond acceptors (Lipinski definition) is 3. The second-order valence-electron chi connectivity index (χ2n) is 8.97. The van der Waals surface area contributed by atoms with Gasteiger partial charge in [0.15, 0.2) is 0 Å². The number of rotatable bonds is 4. The Kier molecular flexibility index (Phi) is 6.08. The fourth-order valence-electron chi connectivity index (χ4n) is 4.82. The lowest BCUT2D eigenvalue weighted by Gasteiger charge is -2.34. The first-order chi connectivity index (χ1) is 16.7. The van der Waals surface area contributed by atoms with Gasteiger partial charge in [-0.1, -0.05) is 53.5 Å². The second kappa shape index (κ2) is 8.94. The van der Waals surface area contributed by atoms with Crippen LogP contribution in [0.5, 0.6) is 0 Å². The lowest BCUT2D eigenvalue weighted by atomic mass is 9.85. The first-order valence-corrected chi connectivity index (χ1v) is 12.3. The summed E-state index contributed by atoms with van der Waals surface area (Å²) >= 11 is 20.1. The topological polar surface area (TPSA) is 28.5 Å². The summed E-state index contributed by atoms with van der Waals surface area (Å²) in [4.78, 5) is 16.1. The molecule has 2 heterocycles. The smallest absolute Gasteiger partial charge is 0.251 e. The van der Waals surface area contributed by atoms with Gasteiger partial charge < -0.3 is 14.4 Å². The van der Waals surface area contributed by atoms with Crippen molar-refractivity contribution in [2.75, 3.05) is 20.8 Å². The van der Waals surface area contributed by atoms with Crippen LogP contribution in [-0.4, -0.2) is 35.1 Å². The molecule has 5 rings (SSSR count). The molecule has 0 radical (unpaired) electrons. The van der Waals surface area contributed by atoms with Crippen LogP contribution in [0.1, 0.15) is 11.1 Å². The summed E-state index contributed by atoms with van der Waals surface area (Å²) in [6.07, 6.45) is 2.07. The zero-order valence-electron chi connectivity index (χ0n) is 19.6. The second-order valence-corrected chi connectivity index (χ2v) is 10.4. The van der Waals surface area contributed by atoms with Crippen molar-refractivity contribution in [1.29, 1.82) is 0 Å². The van der Waals surface area contributed by atoms with Crippen molar-refractivity contribution >= 4 is 45.7 Å². The van der Waals surface area contributed by atoms with Crippen LogP contribution in [0.4, 0.5) is 0 Å². The fraction of sp³-hybridized carbons (Fsp3) is 0.179. The number of hydrogen-bond donors (Lipinski definition) is 0. The molecular weight excluding hydrogens is 501 g/mol. The molecule has 0 N–H and O–H groups in total. The number of aromatic nitrogens is 1. The highest BCUT2D eigenvalue weighted by atomic mass is 35.5. The number of pyridine rings is 1. The Balaban J connectivity index is 1.82. The van der Waals surface area contributed by atoms with Crippen LogP contribution in [0.15, 0.2) is 89.5 Å². The van der Waals surface area contributed by atoms with Crippen LogP contribution in [0.2, 0.25) is 10.0 Å². The van der Waals surface area contributed by atoms with E-state index in [0.717, 1.165) is 45.5 Å². The summed E-state index contributed by atoms with van der Waals surface area (Å²) in [5.41, 5.74) is 5.17. The van der Waals surface area contributed by atoms with E-state index in [4.69, 9.17) is 34.8 Å². The Morgan fingerprint density at radius 3 is 2.20 bits per heavy atom. The molecule has 0 spiro atoms. The Bertz CT molecular complexity index is 1530. The number of halogens is 3. The van der Waals surface area contributed by atoms with Crippen LogP contribution in [0, 0.1) is 0 Å². The highest BCUT2D eigenvalue weighted by molar-refractivity contribution is 6.31. The van der Waals surface area contributed by atoms with Gasteiger partial charge in [0.2, 0.25) is 0 Å². The molecule has 1 atom stereocenters. The molecule has 0 amide bonds. The zero-order chi connectivity index (χ0) is 24.9. The van der Waals surface area contributed by atoms with Gasteiger partial charge in [-0.15, -0.1) is 11.6 Å². The predicted molar refractivity (Wildman–Crippen MR) is 146 cm³/mol. The first kappa shape index (κ1) is 23.8. The van der Waals surface area contributed by atoms with E-state index in [1.165, 1.54) is 0 Å². The van der Waals surface area contributed by atoms with Crippen LogP contribution >= 0.6 is 34.8 Å². The molecule has 0 aliphatic carbocycles. The first-order valence-electron chi connectivity index (χ1n) is 11.2. The molecule has 4 aromatic rings. The normalized spacial score (nSPS) is 15.4. The molecular formula is C28H24Cl3N3O. The predicted octanol–water partition coefficient (Wildman–Crippen LogP) is 6.67. The van der Waals surface area contributed by atoms with Gasteiger partial charge in [-0.25, -0.2) is 0 Å². The number of allylic oxidation sites excluding steroid dienone is 1. The molecule has 4 nitrogen and oxygen atoms in total. The third kappa shape index (κ3) is 4.10. The van der Waals surface area contributed by atoms with Crippen molar-refractivity contribution in [3.63, 3.8) is 0 Å². The van der Waals surface area contributed by atoms with Crippen LogP contribution in [-0.2, 0) is 11.9 Å². The van der Waals surface area contributed by atoms with Gasteiger partial charge in [0.25, 0.3) is 5.56 Å².